The number of hydrogen-bond donors (Lipinski definition) is 2. The van der Waals surface area contributed by atoms with Gasteiger partial charge in [0, 0.05) is 30.4 Å². The molecule has 2 N–H and O–H groups in total. The van der Waals surface area contributed by atoms with Crippen molar-refractivity contribution in [2.45, 2.75) is 45.2 Å². The molecule has 0 spiro atoms. The van der Waals surface area contributed by atoms with Gasteiger partial charge in [-0.05, 0) is 25.0 Å². The van der Waals surface area contributed by atoms with Crippen molar-refractivity contribution in [2.24, 2.45) is 0 Å². The van der Waals surface area contributed by atoms with Gasteiger partial charge in [-0.3, -0.25) is 0 Å². The second-order valence-electron chi connectivity index (χ2n) is 4.02. The van der Waals surface area contributed by atoms with Gasteiger partial charge in [0.25, 0.3) is 0 Å². The summed E-state index contributed by atoms with van der Waals surface area (Å²) >= 11 is 0. The summed E-state index contributed by atoms with van der Waals surface area (Å²) in [7, 11) is 0. The molecule has 2 atom stereocenters. The van der Waals surface area contributed by atoms with Crippen molar-refractivity contribution in [1.82, 2.24) is 10.3 Å². The molecule has 1 aromatic heterocycles. The molecule has 0 unspecified atom stereocenters. The number of rotatable bonds is 2. The fourth-order valence-electron chi connectivity index (χ4n) is 2.25. The van der Waals surface area contributed by atoms with Gasteiger partial charge in [-0.2, -0.15) is 0 Å². The highest BCUT2D eigenvalue weighted by atomic mass is 15.0. The van der Waals surface area contributed by atoms with Crippen LogP contribution in [0.15, 0.2) is 12.3 Å². The zero-order chi connectivity index (χ0) is 9.26. The molecule has 0 radical (unpaired) electrons. The van der Waals surface area contributed by atoms with Crippen LogP contribution >= 0.6 is 0 Å². The Morgan fingerprint density at radius 1 is 1.54 bits per heavy atom. The van der Waals surface area contributed by atoms with E-state index in [-0.39, 0.29) is 0 Å². The predicted molar refractivity (Wildman–Crippen MR) is 54.7 cm³/mol. The van der Waals surface area contributed by atoms with Gasteiger partial charge in [0.05, 0.1) is 0 Å². The summed E-state index contributed by atoms with van der Waals surface area (Å²) in [6.45, 7) is 4.50. The zero-order valence-corrected chi connectivity index (χ0v) is 8.43. The monoisotopic (exact) mass is 178 g/mol. The van der Waals surface area contributed by atoms with E-state index in [0.717, 1.165) is 6.42 Å². The minimum atomic E-state index is 0.579. The average molecular weight is 178 g/mol. The Morgan fingerprint density at radius 3 is 3.15 bits per heavy atom. The van der Waals surface area contributed by atoms with Crippen LogP contribution in [0.5, 0.6) is 0 Å². The molecule has 0 fully saturated rings. The fraction of sp³-hybridized carbons (Fsp3) is 0.636. The molecule has 0 saturated carbocycles. The summed E-state index contributed by atoms with van der Waals surface area (Å²) in [5.41, 5.74) is 2.92. The molecular formula is C11H18N2. The standard InChI is InChI=1S/C11H18N2/c1-3-4-10-9-5-6-12-11(9)7-8(2)13-10/h5-6,8,10,12-13H,3-4,7H2,1-2H3/t8-,10+/m1/s1. The molecule has 0 aromatic carbocycles. The van der Waals surface area contributed by atoms with E-state index in [4.69, 9.17) is 0 Å². The largest absolute Gasteiger partial charge is 0.365 e. The van der Waals surface area contributed by atoms with Crippen molar-refractivity contribution in [3.63, 3.8) is 0 Å². The van der Waals surface area contributed by atoms with Gasteiger partial charge < -0.3 is 10.3 Å². The Morgan fingerprint density at radius 2 is 2.38 bits per heavy atom. The maximum Gasteiger partial charge on any atom is 0.0340 e. The van der Waals surface area contributed by atoms with Gasteiger partial charge in [0.1, 0.15) is 0 Å². The predicted octanol–water partition coefficient (Wildman–Crippen LogP) is 2.39. The van der Waals surface area contributed by atoms with Crippen LogP contribution in [0, 0.1) is 0 Å². The van der Waals surface area contributed by atoms with Crippen LogP contribution in [0.4, 0.5) is 0 Å². The number of aromatic nitrogens is 1. The Kier molecular flexibility index (Phi) is 2.40. The van der Waals surface area contributed by atoms with Gasteiger partial charge in [-0.25, -0.2) is 0 Å². The first-order valence-corrected chi connectivity index (χ1v) is 5.23. The lowest BCUT2D eigenvalue weighted by molar-refractivity contribution is 0.399. The summed E-state index contributed by atoms with van der Waals surface area (Å²) in [5.74, 6) is 0. The van der Waals surface area contributed by atoms with Crippen LogP contribution < -0.4 is 5.32 Å². The van der Waals surface area contributed by atoms with Crippen LogP contribution in [0.2, 0.25) is 0 Å². The molecule has 1 aromatic rings. The molecule has 0 aliphatic carbocycles. The van der Waals surface area contributed by atoms with E-state index in [2.05, 4.69) is 36.4 Å². The number of hydrogen-bond acceptors (Lipinski definition) is 1. The van der Waals surface area contributed by atoms with E-state index in [1.54, 1.807) is 0 Å². The molecule has 2 heterocycles. The lowest BCUT2D eigenvalue weighted by Gasteiger charge is -2.29. The van der Waals surface area contributed by atoms with Gasteiger partial charge in [0.2, 0.25) is 0 Å². The molecule has 0 amide bonds. The number of fused-ring (bicyclic) bond motifs is 1. The lowest BCUT2D eigenvalue weighted by atomic mass is 9.94. The minimum Gasteiger partial charge on any atom is -0.365 e. The Hall–Kier alpha value is -0.760. The smallest absolute Gasteiger partial charge is 0.0340 e. The van der Waals surface area contributed by atoms with E-state index in [1.165, 1.54) is 24.1 Å². The van der Waals surface area contributed by atoms with Crippen LogP contribution in [-0.4, -0.2) is 11.0 Å². The molecular weight excluding hydrogens is 160 g/mol. The maximum absolute atomic E-state index is 3.64. The Bertz CT molecular complexity index is 277. The van der Waals surface area contributed by atoms with Crippen molar-refractivity contribution in [3.05, 3.63) is 23.5 Å². The van der Waals surface area contributed by atoms with E-state index >= 15 is 0 Å². The minimum absolute atomic E-state index is 0.579. The van der Waals surface area contributed by atoms with Crippen molar-refractivity contribution in [2.75, 3.05) is 0 Å². The first-order valence-electron chi connectivity index (χ1n) is 5.23. The molecule has 2 rings (SSSR count). The van der Waals surface area contributed by atoms with Crippen molar-refractivity contribution < 1.29 is 0 Å². The highest BCUT2D eigenvalue weighted by molar-refractivity contribution is 5.27. The Balaban J connectivity index is 2.22. The summed E-state index contributed by atoms with van der Waals surface area (Å²) in [4.78, 5) is 3.34. The number of aromatic amines is 1. The van der Waals surface area contributed by atoms with Crippen molar-refractivity contribution in [3.8, 4) is 0 Å². The maximum atomic E-state index is 3.64. The summed E-state index contributed by atoms with van der Waals surface area (Å²) in [6.07, 6.45) is 5.69. The Labute approximate surface area is 79.7 Å². The third kappa shape index (κ3) is 1.63. The van der Waals surface area contributed by atoms with E-state index < -0.39 is 0 Å². The number of H-pyrrole nitrogens is 1. The molecule has 2 heteroatoms. The van der Waals surface area contributed by atoms with E-state index in [0.29, 0.717) is 12.1 Å². The average Bonchev–Trinajstić information content (AvgIpc) is 2.52. The van der Waals surface area contributed by atoms with Gasteiger partial charge in [-0.15, -0.1) is 0 Å². The van der Waals surface area contributed by atoms with Gasteiger partial charge in [0.15, 0.2) is 0 Å². The summed E-state index contributed by atoms with van der Waals surface area (Å²) < 4.78 is 0. The van der Waals surface area contributed by atoms with E-state index in [1.807, 2.05) is 0 Å². The summed E-state index contributed by atoms with van der Waals surface area (Å²) in [6, 6.07) is 3.41. The lowest BCUT2D eigenvalue weighted by Crippen LogP contribution is -2.36. The zero-order valence-electron chi connectivity index (χ0n) is 8.43. The third-order valence-corrected chi connectivity index (χ3v) is 2.82. The van der Waals surface area contributed by atoms with Crippen LogP contribution in [0.1, 0.15) is 44.0 Å². The third-order valence-electron chi connectivity index (χ3n) is 2.82. The highest BCUT2D eigenvalue weighted by Crippen LogP contribution is 2.27. The first-order chi connectivity index (χ1) is 6.31. The van der Waals surface area contributed by atoms with Crippen LogP contribution in [0.3, 0.4) is 0 Å². The van der Waals surface area contributed by atoms with Gasteiger partial charge >= 0.3 is 0 Å². The molecule has 13 heavy (non-hydrogen) atoms. The molecule has 2 nitrogen and oxygen atoms in total. The SMILES string of the molecule is CCC[C@@H]1N[C@H](C)Cc2[nH]ccc21. The molecule has 72 valence electrons. The van der Waals surface area contributed by atoms with Crippen molar-refractivity contribution >= 4 is 0 Å². The number of nitrogens with one attached hydrogen (secondary N) is 2. The normalized spacial score (nSPS) is 27.2. The second kappa shape index (κ2) is 3.54. The fourth-order valence-corrected chi connectivity index (χ4v) is 2.25. The van der Waals surface area contributed by atoms with E-state index in [9.17, 15) is 0 Å². The quantitative estimate of drug-likeness (QED) is 0.715. The van der Waals surface area contributed by atoms with Crippen LogP contribution in [0.25, 0.3) is 0 Å². The first kappa shape index (κ1) is 8.82. The molecule has 1 aliphatic heterocycles. The molecule has 0 bridgehead atoms. The second-order valence-corrected chi connectivity index (χ2v) is 4.02. The molecule has 1 aliphatic rings. The van der Waals surface area contributed by atoms with Gasteiger partial charge in [-0.1, -0.05) is 13.3 Å². The van der Waals surface area contributed by atoms with Crippen molar-refractivity contribution in [1.29, 1.82) is 0 Å². The summed E-state index contributed by atoms with van der Waals surface area (Å²) in [5, 5.41) is 3.64. The van der Waals surface area contributed by atoms with Crippen LogP contribution in [-0.2, 0) is 6.42 Å². The topological polar surface area (TPSA) is 27.8 Å². The molecule has 0 saturated heterocycles. The highest BCUT2D eigenvalue weighted by Gasteiger charge is 2.23.